The SMILES string of the molecule is C[C@@H]1CN(C(=O)c2cc(COc3c(Cl)cccc3Cl)on2)C[C@H]1C(=O)O. The summed E-state index contributed by atoms with van der Waals surface area (Å²) in [6.07, 6.45) is 0. The van der Waals surface area contributed by atoms with E-state index in [0.717, 1.165) is 0 Å². The number of carbonyl (C=O) groups excluding carboxylic acids is 1. The van der Waals surface area contributed by atoms with Crippen LogP contribution in [0.2, 0.25) is 10.0 Å². The topological polar surface area (TPSA) is 92.9 Å². The summed E-state index contributed by atoms with van der Waals surface area (Å²) in [7, 11) is 0. The summed E-state index contributed by atoms with van der Waals surface area (Å²) in [5.74, 6) is -1.32. The number of amides is 1. The average Bonchev–Trinajstić information content (AvgIpc) is 3.20. The van der Waals surface area contributed by atoms with Gasteiger partial charge in [0.05, 0.1) is 16.0 Å². The first-order valence-corrected chi connectivity index (χ1v) is 8.67. The number of carboxylic acid groups (broad SMARTS) is 1. The number of ether oxygens (including phenoxy) is 1. The Labute approximate surface area is 159 Å². The molecule has 1 aliphatic heterocycles. The maximum absolute atomic E-state index is 12.5. The molecule has 0 spiro atoms. The van der Waals surface area contributed by atoms with E-state index in [0.29, 0.717) is 28.1 Å². The van der Waals surface area contributed by atoms with Gasteiger partial charge in [0.2, 0.25) is 0 Å². The van der Waals surface area contributed by atoms with Crippen molar-refractivity contribution in [3.05, 3.63) is 45.8 Å². The van der Waals surface area contributed by atoms with E-state index in [1.165, 1.54) is 11.0 Å². The number of aromatic nitrogens is 1. The molecule has 2 aromatic rings. The van der Waals surface area contributed by atoms with Gasteiger partial charge >= 0.3 is 5.97 Å². The Kier molecular flexibility index (Phi) is 5.38. The molecule has 1 aromatic heterocycles. The minimum atomic E-state index is -0.904. The molecule has 1 aromatic carbocycles. The van der Waals surface area contributed by atoms with E-state index in [2.05, 4.69) is 5.16 Å². The van der Waals surface area contributed by atoms with Gasteiger partial charge < -0.3 is 19.3 Å². The van der Waals surface area contributed by atoms with Gasteiger partial charge in [-0.05, 0) is 18.1 Å². The summed E-state index contributed by atoms with van der Waals surface area (Å²) in [6, 6.07) is 6.45. The van der Waals surface area contributed by atoms with Crippen LogP contribution in [-0.4, -0.2) is 40.1 Å². The number of rotatable bonds is 5. The molecular weight excluding hydrogens is 383 g/mol. The minimum absolute atomic E-state index is 0.00210. The highest BCUT2D eigenvalue weighted by molar-refractivity contribution is 6.37. The molecule has 1 fully saturated rings. The molecule has 7 nitrogen and oxygen atoms in total. The number of hydrogen-bond donors (Lipinski definition) is 1. The van der Waals surface area contributed by atoms with Crippen molar-refractivity contribution in [2.75, 3.05) is 13.1 Å². The lowest BCUT2D eigenvalue weighted by molar-refractivity contribution is -0.142. The molecule has 1 N–H and O–H groups in total. The third kappa shape index (κ3) is 3.78. The Bertz CT molecular complexity index is 818. The Morgan fingerprint density at radius 2 is 2.04 bits per heavy atom. The summed E-state index contributed by atoms with van der Waals surface area (Å²) in [4.78, 5) is 25.1. The number of carboxylic acids is 1. The van der Waals surface area contributed by atoms with E-state index in [1.54, 1.807) is 18.2 Å². The summed E-state index contributed by atoms with van der Waals surface area (Å²) in [6.45, 7) is 2.33. The van der Waals surface area contributed by atoms with Crippen LogP contribution >= 0.6 is 23.2 Å². The van der Waals surface area contributed by atoms with Gasteiger partial charge in [0.1, 0.15) is 6.61 Å². The van der Waals surface area contributed by atoms with Gasteiger partial charge in [-0.1, -0.05) is 41.3 Å². The molecule has 3 rings (SSSR count). The lowest BCUT2D eigenvalue weighted by Crippen LogP contribution is -2.30. The van der Waals surface area contributed by atoms with Gasteiger partial charge in [-0.3, -0.25) is 9.59 Å². The van der Waals surface area contributed by atoms with E-state index in [9.17, 15) is 14.7 Å². The van der Waals surface area contributed by atoms with Crippen LogP contribution in [0.1, 0.15) is 23.2 Å². The van der Waals surface area contributed by atoms with Crippen LogP contribution in [-0.2, 0) is 11.4 Å². The molecule has 0 saturated carbocycles. The van der Waals surface area contributed by atoms with Crippen molar-refractivity contribution in [3.8, 4) is 5.75 Å². The number of para-hydroxylation sites is 1. The Hall–Kier alpha value is -2.25. The van der Waals surface area contributed by atoms with Gasteiger partial charge in [-0.15, -0.1) is 0 Å². The first-order valence-electron chi connectivity index (χ1n) is 7.91. The zero-order chi connectivity index (χ0) is 18.8. The fourth-order valence-electron chi connectivity index (χ4n) is 2.86. The normalized spacial score (nSPS) is 19.6. The zero-order valence-electron chi connectivity index (χ0n) is 13.8. The van der Waals surface area contributed by atoms with Crippen LogP contribution in [0.15, 0.2) is 28.8 Å². The smallest absolute Gasteiger partial charge is 0.308 e. The van der Waals surface area contributed by atoms with E-state index in [1.807, 2.05) is 6.92 Å². The third-order valence-electron chi connectivity index (χ3n) is 4.27. The standard InChI is InChI=1S/C17H16Cl2N2O5/c1-9-6-21(7-11(9)17(23)24)16(22)14-5-10(26-20-14)8-25-15-12(18)3-2-4-13(15)19/h2-5,9,11H,6-8H2,1H3,(H,23,24)/t9-,11-/m1/s1. The Morgan fingerprint density at radius 1 is 1.35 bits per heavy atom. The Morgan fingerprint density at radius 3 is 2.65 bits per heavy atom. The predicted octanol–water partition coefficient (Wildman–Crippen LogP) is 3.35. The van der Waals surface area contributed by atoms with Crippen LogP contribution in [0.25, 0.3) is 0 Å². The fraction of sp³-hybridized carbons (Fsp3) is 0.353. The molecule has 2 heterocycles. The number of halogens is 2. The van der Waals surface area contributed by atoms with Gasteiger partial charge in [0.15, 0.2) is 17.2 Å². The number of hydrogen-bond acceptors (Lipinski definition) is 5. The highest BCUT2D eigenvalue weighted by Crippen LogP contribution is 2.33. The maximum Gasteiger partial charge on any atom is 0.308 e. The minimum Gasteiger partial charge on any atom is -0.482 e. The predicted molar refractivity (Wildman–Crippen MR) is 93.5 cm³/mol. The van der Waals surface area contributed by atoms with Crippen molar-refractivity contribution in [2.24, 2.45) is 11.8 Å². The first kappa shape index (κ1) is 18.5. The number of aliphatic carboxylic acids is 1. The molecule has 0 bridgehead atoms. The maximum atomic E-state index is 12.5. The van der Waals surface area contributed by atoms with Crippen LogP contribution in [0.4, 0.5) is 0 Å². The van der Waals surface area contributed by atoms with Crippen molar-refractivity contribution in [3.63, 3.8) is 0 Å². The van der Waals surface area contributed by atoms with Crippen molar-refractivity contribution < 1.29 is 24.0 Å². The molecule has 26 heavy (non-hydrogen) atoms. The molecular formula is C17H16Cl2N2O5. The molecule has 2 atom stereocenters. The summed E-state index contributed by atoms with van der Waals surface area (Å²) >= 11 is 12.1. The van der Waals surface area contributed by atoms with E-state index >= 15 is 0 Å². The molecule has 1 aliphatic rings. The monoisotopic (exact) mass is 398 g/mol. The quantitative estimate of drug-likeness (QED) is 0.829. The molecule has 0 unspecified atom stereocenters. The number of benzene rings is 1. The van der Waals surface area contributed by atoms with Gasteiger partial charge in [-0.2, -0.15) is 0 Å². The van der Waals surface area contributed by atoms with Crippen molar-refractivity contribution >= 4 is 35.1 Å². The lowest BCUT2D eigenvalue weighted by Gasteiger charge is -2.13. The second kappa shape index (κ2) is 7.55. The van der Waals surface area contributed by atoms with Crippen molar-refractivity contribution in [1.82, 2.24) is 10.1 Å². The van der Waals surface area contributed by atoms with Crippen molar-refractivity contribution in [1.29, 1.82) is 0 Å². The molecule has 1 amide bonds. The second-order valence-corrected chi connectivity index (χ2v) is 6.96. The van der Waals surface area contributed by atoms with E-state index in [-0.39, 0.29) is 30.7 Å². The molecule has 0 radical (unpaired) electrons. The van der Waals surface area contributed by atoms with E-state index in [4.69, 9.17) is 32.5 Å². The van der Waals surface area contributed by atoms with E-state index < -0.39 is 11.9 Å². The lowest BCUT2D eigenvalue weighted by atomic mass is 9.99. The third-order valence-corrected chi connectivity index (χ3v) is 4.87. The summed E-state index contributed by atoms with van der Waals surface area (Å²) in [5.41, 5.74) is 0.104. The largest absolute Gasteiger partial charge is 0.482 e. The van der Waals surface area contributed by atoms with Gasteiger partial charge in [0, 0.05) is 19.2 Å². The first-order chi connectivity index (χ1) is 12.4. The van der Waals surface area contributed by atoms with Crippen molar-refractivity contribution in [2.45, 2.75) is 13.5 Å². The van der Waals surface area contributed by atoms with Gasteiger partial charge in [-0.25, -0.2) is 0 Å². The highest BCUT2D eigenvalue weighted by atomic mass is 35.5. The Balaban J connectivity index is 1.65. The fourth-order valence-corrected chi connectivity index (χ4v) is 3.37. The summed E-state index contributed by atoms with van der Waals surface area (Å²) < 4.78 is 10.7. The van der Waals surface area contributed by atoms with Crippen LogP contribution in [0.5, 0.6) is 5.75 Å². The molecule has 0 aliphatic carbocycles. The molecule has 1 saturated heterocycles. The number of carbonyl (C=O) groups is 2. The van der Waals surface area contributed by atoms with Gasteiger partial charge in [0.25, 0.3) is 5.91 Å². The molecule has 9 heteroatoms. The van der Waals surface area contributed by atoms with Crippen LogP contribution in [0.3, 0.4) is 0 Å². The zero-order valence-corrected chi connectivity index (χ0v) is 15.3. The highest BCUT2D eigenvalue weighted by Gasteiger charge is 2.38. The number of likely N-dealkylation sites (tertiary alicyclic amines) is 1. The average molecular weight is 399 g/mol. The second-order valence-electron chi connectivity index (χ2n) is 6.15. The van der Waals surface area contributed by atoms with Crippen LogP contribution < -0.4 is 4.74 Å². The summed E-state index contributed by atoms with van der Waals surface area (Å²) in [5, 5.41) is 13.6. The number of nitrogens with zero attached hydrogens (tertiary/aromatic N) is 2. The van der Waals surface area contributed by atoms with Crippen LogP contribution in [0, 0.1) is 11.8 Å². The molecule has 138 valence electrons.